The molecule has 0 saturated heterocycles. The van der Waals surface area contributed by atoms with Crippen molar-refractivity contribution < 1.29 is 9.59 Å². The quantitative estimate of drug-likeness (QED) is 0.572. The highest BCUT2D eigenvalue weighted by molar-refractivity contribution is 8.15. The van der Waals surface area contributed by atoms with Gasteiger partial charge in [0.1, 0.15) is 30.8 Å². The predicted molar refractivity (Wildman–Crippen MR) is 120 cm³/mol. The molecule has 3 aromatic rings. The van der Waals surface area contributed by atoms with E-state index in [0.717, 1.165) is 33.3 Å². The van der Waals surface area contributed by atoms with Crippen LogP contribution in [-0.2, 0) is 9.59 Å². The van der Waals surface area contributed by atoms with Gasteiger partial charge in [0, 0.05) is 22.1 Å². The zero-order valence-corrected chi connectivity index (χ0v) is 19.8. The summed E-state index contributed by atoms with van der Waals surface area (Å²) in [6.45, 7) is 8.38. The van der Waals surface area contributed by atoms with Gasteiger partial charge in [0.25, 0.3) is 0 Å². The van der Waals surface area contributed by atoms with E-state index in [-0.39, 0.29) is 10.2 Å². The Bertz CT molecular complexity index is 1250. The molecule has 0 spiro atoms. The molecule has 0 atom stereocenters. The van der Waals surface area contributed by atoms with Gasteiger partial charge in [-0.3, -0.25) is 9.59 Å². The lowest BCUT2D eigenvalue weighted by atomic mass is 10.2. The molecule has 2 aliphatic heterocycles. The van der Waals surface area contributed by atoms with Gasteiger partial charge in [-0.1, -0.05) is 27.7 Å². The molecule has 0 aliphatic carbocycles. The van der Waals surface area contributed by atoms with Crippen LogP contribution in [0.4, 0.5) is 0 Å². The summed E-state index contributed by atoms with van der Waals surface area (Å²) in [7, 11) is 0. The second kappa shape index (κ2) is 7.37. The summed E-state index contributed by atoms with van der Waals surface area (Å²) in [5.41, 5.74) is 0.972. The van der Waals surface area contributed by atoms with E-state index in [1.807, 2.05) is 12.4 Å². The summed E-state index contributed by atoms with van der Waals surface area (Å²) in [5, 5.41) is 3.22. The van der Waals surface area contributed by atoms with Crippen LogP contribution in [0.15, 0.2) is 22.4 Å². The Labute approximate surface area is 189 Å². The molecule has 0 aromatic carbocycles. The maximum absolute atomic E-state index is 12.8. The average molecular weight is 473 g/mol. The molecular formula is C20H16N4O2S4. The first-order valence-corrected chi connectivity index (χ1v) is 12.6. The minimum Gasteiger partial charge on any atom is -0.281 e. The SMILES string of the molecule is CC(C)c1cnc(C2=c3nc4c(nc3SC2=O)=C(c2ncc(C(C)C)s2)C(=O)S4)s1. The van der Waals surface area contributed by atoms with Gasteiger partial charge in [-0.15, -0.1) is 22.7 Å². The summed E-state index contributed by atoms with van der Waals surface area (Å²) >= 11 is 5.11. The minimum absolute atomic E-state index is 0.104. The predicted octanol–water partition coefficient (Wildman–Crippen LogP) is 3.30. The molecule has 6 nitrogen and oxygen atoms in total. The van der Waals surface area contributed by atoms with Gasteiger partial charge in [-0.05, 0) is 35.4 Å². The fourth-order valence-corrected chi connectivity index (χ4v) is 6.82. The van der Waals surface area contributed by atoms with Crippen LogP contribution in [-0.4, -0.2) is 30.2 Å². The first-order chi connectivity index (χ1) is 14.3. The Morgan fingerprint density at radius 2 is 1.10 bits per heavy atom. The average Bonchev–Trinajstić information content (AvgIpc) is 3.42. The highest BCUT2D eigenvalue weighted by Gasteiger charge is 2.33. The van der Waals surface area contributed by atoms with Gasteiger partial charge in [-0.2, -0.15) is 0 Å². The van der Waals surface area contributed by atoms with Crippen LogP contribution in [0.2, 0.25) is 0 Å². The van der Waals surface area contributed by atoms with E-state index >= 15 is 0 Å². The summed E-state index contributed by atoms with van der Waals surface area (Å²) in [4.78, 5) is 46.0. The molecule has 0 unspecified atom stereocenters. The highest BCUT2D eigenvalue weighted by atomic mass is 32.2. The molecule has 0 radical (unpaired) electrons. The van der Waals surface area contributed by atoms with Crippen LogP contribution in [0, 0.1) is 0 Å². The number of fused-ring (bicyclic) bond motifs is 2. The highest BCUT2D eigenvalue weighted by Crippen LogP contribution is 2.35. The Hall–Kier alpha value is -1.88. The normalized spacial score (nSPS) is 15.7. The maximum Gasteiger partial charge on any atom is 0.230 e. The molecule has 0 bridgehead atoms. The van der Waals surface area contributed by atoms with E-state index in [1.54, 1.807) is 0 Å². The number of hydrogen-bond acceptors (Lipinski definition) is 10. The first-order valence-electron chi connectivity index (χ1n) is 9.36. The molecule has 10 heteroatoms. The van der Waals surface area contributed by atoms with E-state index in [4.69, 9.17) is 0 Å². The topological polar surface area (TPSA) is 85.7 Å². The van der Waals surface area contributed by atoms with Crippen molar-refractivity contribution in [3.8, 4) is 0 Å². The second-order valence-corrected chi connectivity index (χ2v) is 11.6. The lowest BCUT2D eigenvalue weighted by Gasteiger charge is -1.97. The Balaban J connectivity index is 1.70. The van der Waals surface area contributed by atoms with E-state index in [1.165, 1.54) is 22.7 Å². The van der Waals surface area contributed by atoms with Crippen molar-refractivity contribution in [3.63, 3.8) is 0 Å². The van der Waals surface area contributed by atoms with Crippen LogP contribution in [0.25, 0.3) is 11.1 Å². The first kappa shape index (κ1) is 20.0. The Morgan fingerprint density at radius 3 is 1.43 bits per heavy atom. The van der Waals surface area contributed by atoms with Crippen molar-refractivity contribution in [3.05, 3.63) is 42.9 Å². The molecular weight excluding hydrogens is 457 g/mol. The van der Waals surface area contributed by atoms with E-state index in [0.29, 0.717) is 53.7 Å². The van der Waals surface area contributed by atoms with Gasteiger partial charge in [0.2, 0.25) is 10.2 Å². The lowest BCUT2D eigenvalue weighted by Crippen LogP contribution is -2.23. The van der Waals surface area contributed by atoms with Crippen molar-refractivity contribution in [2.24, 2.45) is 0 Å². The number of carbonyl (C=O) groups is 2. The molecule has 0 N–H and O–H groups in total. The third-order valence-corrected chi connectivity index (χ3v) is 9.07. The van der Waals surface area contributed by atoms with Crippen LogP contribution in [0.1, 0.15) is 59.3 Å². The van der Waals surface area contributed by atoms with Crippen molar-refractivity contribution in [1.29, 1.82) is 0 Å². The molecule has 2 aliphatic rings. The van der Waals surface area contributed by atoms with Crippen LogP contribution >= 0.6 is 46.2 Å². The number of carbonyl (C=O) groups excluding carboxylic acids is 2. The summed E-state index contributed by atoms with van der Waals surface area (Å²) < 4.78 is 0. The number of thiazole rings is 2. The maximum atomic E-state index is 12.8. The summed E-state index contributed by atoms with van der Waals surface area (Å²) in [6.07, 6.45) is 3.63. The lowest BCUT2D eigenvalue weighted by molar-refractivity contribution is -0.106. The van der Waals surface area contributed by atoms with E-state index < -0.39 is 0 Å². The van der Waals surface area contributed by atoms with Gasteiger partial charge in [-0.25, -0.2) is 19.9 Å². The fraction of sp³-hybridized carbons (Fsp3) is 0.300. The number of nitrogens with zero attached hydrogens (tertiary/aromatic N) is 4. The van der Waals surface area contributed by atoms with Gasteiger partial charge >= 0.3 is 0 Å². The van der Waals surface area contributed by atoms with Gasteiger partial charge in [0.05, 0.1) is 11.1 Å². The van der Waals surface area contributed by atoms with Crippen molar-refractivity contribution in [2.75, 3.05) is 0 Å². The molecule has 0 saturated carbocycles. The van der Waals surface area contributed by atoms with Crippen LogP contribution < -0.4 is 10.7 Å². The minimum atomic E-state index is -0.104. The van der Waals surface area contributed by atoms with Crippen molar-refractivity contribution >= 4 is 67.6 Å². The smallest absolute Gasteiger partial charge is 0.230 e. The largest absolute Gasteiger partial charge is 0.281 e. The van der Waals surface area contributed by atoms with Crippen LogP contribution in [0.3, 0.4) is 0 Å². The number of rotatable bonds is 4. The van der Waals surface area contributed by atoms with Gasteiger partial charge in [0.15, 0.2) is 0 Å². The van der Waals surface area contributed by atoms with Gasteiger partial charge < -0.3 is 0 Å². The zero-order chi connectivity index (χ0) is 21.2. The number of thioether (sulfide) groups is 2. The number of hydrogen-bond donors (Lipinski definition) is 0. The Morgan fingerprint density at radius 1 is 0.700 bits per heavy atom. The number of aromatic nitrogens is 4. The monoisotopic (exact) mass is 472 g/mol. The molecule has 30 heavy (non-hydrogen) atoms. The Kier molecular flexibility index (Phi) is 4.92. The molecule has 5 rings (SSSR count). The molecule has 3 aromatic heterocycles. The van der Waals surface area contributed by atoms with Crippen molar-refractivity contribution in [2.45, 2.75) is 49.6 Å². The third kappa shape index (κ3) is 3.17. The molecule has 5 heterocycles. The molecule has 152 valence electrons. The fourth-order valence-electron chi connectivity index (χ4n) is 3.06. The van der Waals surface area contributed by atoms with E-state index in [2.05, 4.69) is 47.6 Å². The molecule has 0 amide bonds. The standard InChI is InChI=1S/C20H16N4O2S4/c1-7(2)9-5-21-15(27-9)11-13-17(29-19(11)25)24-14-12(20(26)30-18(14)23-13)16-22-6-10(28-16)8(3)4/h5-8H,1-4H3. The van der Waals surface area contributed by atoms with Crippen LogP contribution in [0.5, 0.6) is 0 Å². The van der Waals surface area contributed by atoms with E-state index in [9.17, 15) is 9.59 Å². The second-order valence-electron chi connectivity index (χ2n) is 7.51. The molecule has 0 fully saturated rings. The summed E-state index contributed by atoms with van der Waals surface area (Å²) in [6, 6.07) is 0. The summed E-state index contributed by atoms with van der Waals surface area (Å²) in [5.74, 6) is 0.678. The zero-order valence-electron chi connectivity index (χ0n) is 16.5. The third-order valence-electron chi connectivity index (χ3n) is 4.71. The van der Waals surface area contributed by atoms with Crippen molar-refractivity contribution in [1.82, 2.24) is 19.9 Å².